The van der Waals surface area contributed by atoms with Crippen LogP contribution in [0, 0.1) is 5.92 Å². The van der Waals surface area contributed by atoms with Crippen LogP contribution in [0.15, 0.2) is 36.7 Å². The van der Waals surface area contributed by atoms with Gasteiger partial charge in [0.25, 0.3) is 0 Å². The Morgan fingerprint density at radius 3 is 3.00 bits per heavy atom. The van der Waals surface area contributed by atoms with Gasteiger partial charge < -0.3 is 5.32 Å². The van der Waals surface area contributed by atoms with Crippen molar-refractivity contribution >= 4 is 10.8 Å². The van der Waals surface area contributed by atoms with Crippen LogP contribution in [0.3, 0.4) is 0 Å². The van der Waals surface area contributed by atoms with E-state index in [1.165, 1.54) is 42.0 Å². The van der Waals surface area contributed by atoms with Crippen LogP contribution in [0.2, 0.25) is 0 Å². The van der Waals surface area contributed by atoms with E-state index >= 15 is 0 Å². The monoisotopic (exact) mass is 254 g/mol. The second kappa shape index (κ2) is 5.70. The van der Waals surface area contributed by atoms with Gasteiger partial charge in [-0.3, -0.25) is 4.98 Å². The molecule has 1 aliphatic rings. The molecule has 1 saturated carbocycles. The van der Waals surface area contributed by atoms with Gasteiger partial charge in [-0.15, -0.1) is 0 Å². The highest BCUT2D eigenvalue weighted by atomic mass is 14.8. The summed E-state index contributed by atoms with van der Waals surface area (Å²) in [6.45, 7) is 1.13. The summed E-state index contributed by atoms with van der Waals surface area (Å²) in [5, 5.41) is 6.04. The fourth-order valence-electron chi connectivity index (χ4n) is 3.59. The quantitative estimate of drug-likeness (QED) is 0.902. The average Bonchev–Trinajstić information content (AvgIpc) is 2.48. The Morgan fingerprint density at radius 2 is 2.11 bits per heavy atom. The predicted molar refractivity (Wildman–Crippen MR) is 80.4 cm³/mol. The van der Waals surface area contributed by atoms with E-state index in [-0.39, 0.29) is 0 Å². The van der Waals surface area contributed by atoms with E-state index in [1.54, 1.807) is 0 Å². The predicted octanol–water partition coefficient (Wildman–Crippen LogP) is 3.73. The molecule has 2 unspecified atom stereocenters. The SMILES string of the molecule is CNCC1CCCCC1c1cccc2cnccc12. The minimum Gasteiger partial charge on any atom is -0.319 e. The Balaban J connectivity index is 2.02. The zero-order chi connectivity index (χ0) is 13.1. The minimum atomic E-state index is 0.701. The van der Waals surface area contributed by atoms with Crippen molar-refractivity contribution in [3.63, 3.8) is 0 Å². The number of hydrogen-bond donors (Lipinski definition) is 1. The maximum atomic E-state index is 4.24. The minimum absolute atomic E-state index is 0.701. The maximum Gasteiger partial charge on any atom is 0.0346 e. The summed E-state index contributed by atoms with van der Waals surface area (Å²) in [6, 6.07) is 8.85. The Hall–Kier alpha value is -1.41. The first-order valence-electron chi connectivity index (χ1n) is 7.37. The third-order valence-electron chi connectivity index (χ3n) is 4.49. The number of nitrogens with one attached hydrogen (secondary N) is 1. The number of nitrogens with zero attached hydrogens (tertiary/aromatic N) is 1. The van der Waals surface area contributed by atoms with Crippen LogP contribution < -0.4 is 5.32 Å². The highest BCUT2D eigenvalue weighted by Gasteiger charge is 2.26. The van der Waals surface area contributed by atoms with E-state index in [1.807, 2.05) is 12.4 Å². The lowest BCUT2D eigenvalue weighted by Gasteiger charge is -2.32. The normalized spacial score (nSPS) is 23.6. The summed E-state index contributed by atoms with van der Waals surface area (Å²) in [6.07, 6.45) is 9.33. The first-order valence-corrected chi connectivity index (χ1v) is 7.37. The lowest BCUT2D eigenvalue weighted by molar-refractivity contribution is 0.302. The molecule has 2 aromatic rings. The molecule has 3 rings (SSSR count). The van der Waals surface area contributed by atoms with E-state index in [0.29, 0.717) is 5.92 Å². The zero-order valence-electron chi connectivity index (χ0n) is 11.6. The van der Waals surface area contributed by atoms with Gasteiger partial charge in [0.2, 0.25) is 0 Å². The molecule has 0 amide bonds. The van der Waals surface area contributed by atoms with Gasteiger partial charge in [0.1, 0.15) is 0 Å². The van der Waals surface area contributed by atoms with E-state index in [2.05, 4.69) is 41.6 Å². The Labute approximate surface area is 115 Å². The lowest BCUT2D eigenvalue weighted by atomic mass is 9.74. The van der Waals surface area contributed by atoms with Gasteiger partial charge in [-0.05, 0) is 55.3 Å². The highest BCUT2D eigenvalue weighted by Crippen LogP contribution is 2.40. The summed E-state index contributed by atoms with van der Waals surface area (Å²) in [7, 11) is 2.07. The van der Waals surface area contributed by atoms with Gasteiger partial charge in [0.05, 0.1) is 0 Å². The van der Waals surface area contributed by atoms with E-state index in [9.17, 15) is 0 Å². The largest absolute Gasteiger partial charge is 0.319 e. The van der Waals surface area contributed by atoms with Gasteiger partial charge in [0, 0.05) is 17.8 Å². The fourth-order valence-corrected chi connectivity index (χ4v) is 3.59. The third kappa shape index (κ3) is 2.50. The number of rotatable bonds is 3. The lowest BCUT2D eigenvalue weighted by Crippen LogP contribution is -2.27. The van der Waals surface area contributed by atoms with Crippen molar-refractivity contribution in [1.82, 2.24) is 10.3 Å². The van der Waals surface area contributed by atoms with Crippen LogP contribution in [0.1, 0.15) is 37.2 Å². The molecule has 19 heavy (non-hydrogen) atoms. The van der Waals surface area contributed by atoms with Crippen LogP contribution >= 0.6 is 0 Å². The van der Waals surface area contributed by atoms with Crippen molar-refractivity contribution < 1.29 is 0 Å². The Kier molecular flexibility index (Phi) is 3.79. The number of hydrogen-bond acceptors (Lipinski definition) is 2. The van der Waals surface area contributed by atoms with Crippen LogP contribution in [-0.4, -0.2) is 18.6 Å². The summed E-state index contributed by atoms with van der Waals surface area (Å²) in [5.41, 5.74) is 1.53. The zero-order valence-corrected chi connectivity index (χ0v) is 11.6. The van der Waals surface area contributed by atoms with Crippen molar-refractivity contribution in [3.8, 4) is 0 Å². The molecule has 0 saturated heterocycles. The Bertz CT molecular complexity index is 542. The molecule has 1 aromatic heterocycles. The third-order valence-corrected chi connectivity index (χ3v) is 4.49. The molecule has 1 fully saturated rings. The van der Waals surface area contributed by atoms with Crippen LogP contribution in [0.4, 0.5) is 0 Å². The molecule has 1 N–H and O–H groups in total. The summed E-state index contributed by atoms with van der Waals surface area (Å²) >= 11 is 0. The summed E-state index contributed by atoms with van der Waals surface area (Å²) < 4.78 is 0. The van der Waals surface area contributed by atoms with Crippen LogP contribution in [0.5, 0.6) is 0 Å². The van der Waals surface area contributed by atoms with Crippen molar-refractivity contribution in [2.24, 2.45) is 5.92 Å². The summed E-state index contributed by atoms with van der Waals surface area (Å²) in [4.78, 5) is 4.24. The second-order valence-electron chi connectivity index (χ2n) is 5.65. The number of benzene rings is 1. The second-order valence-corrected chi connectivity index (χ2v) is 5.65. The van der Waals surface area contributed by atoms with Gasteiger partial charge >= 0.3 is 0 Å². The average molecular weight is 254 g/mol. The number of fused-ring (bicyclic) bond motifs is 1. The van der Waals surface area contributed by atoms with E-state index in [4.69, 9.17) is 0 Å². The first-order chi connectivity index (χ1) is 9.40. The maximum absolute atomic E-state index is 4.24. The molecular weight excluding hydrogens is 232 g/mol. The molecule has 0 spiro atoms. The highest BCUT2D eigenvalue weighted by molar-refractivity contribution is 5.85. The topological polar surface area (TPSA) is 24.9 Å². The molecule has 2 heteroatoms. The van der Waals surface area contributed by atoms with E-state index in [0.717, 1.165) is 12.5 Å². The van der Waals surface area contributed by atoms with E-state index < -0.39 is 0 Å². The molecule has 100 valence electrons. The van der Waals surface area contributed by atoms with Crippen molar-refractivity contribution in [2.75, 3.05) is 13.6 Å². The van der Waals surface area contributed by atoms with Crippen molar-refractivity contribution in [3.05, 3.63) is 42.2 Å². The molecule has 0 bridgehead atoms. The summed E-state index contributed by atoms with van der Waals surface area (Å²) in [5.74, 6) is 1.48. The van der Waals surface area contributed by atoms with Crippen LogP contribution in [0.25, 0.3) is 10.8 Å². The molecule has 2 nitrogen and oxygen atoms in total. The van der Waals surface area contributed by atoms with Crippen molar-refractivity contribution in [2.45, 2.75) is 31.6 Å². The molecule has 1 aromatic carbocycles. The first kappa shape index (κ1) is 12.6. The molecule has 1 heterocycles. The molecular formula is C17H22N2. The van der Waals surface area contributed by atoms with Crippen LogP contribution in [-0.2, 0) is 0 Å². The molecule has 1 aliphatic carbocycles. The van der Waals surface area contributed by atoms with Gasteiger partial charge in [-0.1, -0.05) is 31.0 Å². The van der Waals surface area contributed by atoms with Gasteiger partial charge in [-0.2, -0.15) is 0 Å². The molecule has 0 radical (unpaired) electrons. The molecule has 2 atom stereocenters. The van der Waals surface area contributed by atoms with Gasteiger partial charge in [-0.25, -0.2) is 0 Å². The Morgan fingerprint density at radius 1 is 1.21 bits per heavy atom. The standard InChI is InChI=1S/C17H22N2/c1-18-11-13-5-2-3-7-15(13)17-8-4-6-14-12-19-10-9-16(14)17/h4,6,8-10,12-13,15,18H,2-3,5,7,11H2,1H3. The van der Waals surface area contributed by atoms with Gasteiger partial charge in [0.15, 0.2) is 0 Å². The number of aromatic nitrogens is 1. The fraction of sp³-hybridized carbons (Fsp3) is 0.471. The van der Waals surface area contributed by atoms with Crippen molar-refractivity contribution in [1.29, 1.82) is 0 Å². The smallest absolute Gasteiger partial charge is 0.0346 e. The number of pyridine rings is 1. The molecule has 0 aliphatic heterocycles.